The lowest BCUT2D eigenvalue weighted by Crippen LogP contribution is -2.36. The van der Waals surface area contributed by atoms with E-state index in [4.69, 9.17) is 10.5 Å². The van der Waals surface area contributed by atoms with Gasteiger partial charge in [0.15, 0.2) is 5.60 Å². The molecule has 0 aliphatic heterocycles. The molecule has 1 atom stereocenters. The molecule has 3 N–H and O–H groups in total. The van der Waals surface area contributed by atoms with E-state index in [1.807, 2.05) is 31.2 Å². The fraction of sp³-hybridized carbons (Fsp3) is 0.133. The van der Waals surface area contributed by atoms with Crippen LogP contribution in [0.1, 0.15) is 29.2 Å². The fourth-order valence-electron chi connectivity index (χ4n) is 4.65. The Hall–Kier alpha value is -3.82. The molecular formula is C30H28N2O. The Labute approximate surface area is 194 Å². The second kappa shape index (κ2) is 8.97. The van der Waals surface area contributed by atoms with Crippen molar-refractivity contribution in [3.05, 3.63) is 138 Å². The number of H-pyrrole nitrogens is 1. The third-order valence-electron chi connectivity index (χ3n) is 6.11. The standard InChI is InChI=1S/C30H28N2O/c1-22(31)20-23-21-32-29-27(23)18-11-19-28(29)33-30(24-12-5-2-6-13-24,25-14-7-3-8-15-25)26-16-9-4-10-17-26/h2-19,21-22,32H,20,31H2,1H3/t22-/m0/s1. The van der Waals surface area contributed by atoms with E-state index < -0.39 is 5.60 Å². The molecule has 4 aromatic carbocycles. The highest BCUT2D eigenvalue weighted by Crippen LogP contribution is 2.43. The van der Waals surface area contributed by atoms with E-state index in [2.05, 4.69) is 96.1 Å². The van der Waals surface area contributed by atoms with Crippen molar-refractivity contribution in [2.24, 2.45) is 5.73 Å². The van der Waals surface area contributed by atoms with Gasteiger partial charge in [0.2, 0.25) is 0 Å². The van der Waals surface area contributed by atoms with E-state index >= 15 is 0 Å². The van der Waals surface area contributed by atoms with Gasteiger partial charge in [0.1, 0.15) is 5.75 Å². The highest BCUT2D eigenvalue weighted by Gasteiger charge is 2.39. The summed E-state index contributed by atoms with van der Waals surface area (Å²) < 4.78 is 7.13. The number of para-hydroxylation sites is 1. The van der Waals surface area contributed by atoms with E-state index in [1.165, 1.54) is 5.56 Å². The number of ether oxygens (including phenoxy) is 1. The molecule has 0 unspecified atom stereocenters. The van der Waals surface area contributed by atoms with Gasteiger partial charge in [-0.25, -0.2) is 0 Å². The molecule has 3 heteroatoms. The summed E-state index contributed by atoms with van der Waals surface area (Å²) in [6.07, 6.45) is 2.86. The molecule has 0 radical (unpaired) electrons. The lowest BCUT2D eigenvalue weighted by atomic mass is 9.80. The van der Waals surface area contributed by atoms with E-state index in [0.29, 0.717) is 0 Å². The van der Waals surface area contributed by atoms with Crippen LogP contribution in [0.5, 0.6) is 5.75 Å². The van der Waals surface area contributed by atoms with E-state index in [0.717, 1.165) is 39.8 Å². The maximum Gasteiger partial charge on any atom is 0.184 e. The van der Waals surface area contributed by atoms with Crippen LogP contribution in [0.3, 0.4) is 0 Å². The zero-order valence-electron chi connectivity index (χ0n) is 18.7. The highest BCUT2D eigenvalue weighted by molar-refractivity contribution is 5.88. The first-order chi connectivity index (χ1) is 16.2. The molecule has 0 saturated carbocycles. The minimum absolute atomic E-state index is 0.0885. The number of hydrogen-bond donors (Lipinski definition) is 2. The first kappa shape index (κ1) is 21.0. The average Bonchev–Trinajstić information content (AvgIpc) is 3.27. The number of hydrogen-bond acceptors (Lipinski definition) is 2. The van der Waals surface area contributed by atoms with Gasteiger partial charge in [-0.1, -0.05) is 103 Å². The van der Waals surface area contributed by atoms with Crippen LogP contribution < -0.4 is 10.5 Å². The molecule has 5 rings (SSSR count). The maximum absolute atomic E-state index is 7.13. The minimum atomic E-state index is -0.815. The summed E-state index contributed by atoms with van der Waals surface area (Å²) in [6.45, 7) is 2.03. The zero-order chi connectivity index (χ0) is 22.7. The van der Waals surface area contributed by atoms with Crippen molar-refractivity contribution in [2.45, 2.75) is 25.0 Å². The van der Waals surface area contributed by atoms with Gasteiger partial charge in [0, 0.05) is 34.3 Å². The summed E-state index contributed by atoms with van der Waals surface area (Å²) in [7, 11) is 0. The topological polar surface area (TPSA) is 51.0 Å². The Bertz CT molecular complexity index is 1230. The first-order valence-electron chi connectivity index (χ1n) is 11.4. The zero-order valence-corrected chi connectivity index (χ0v) is 18.7. The molecule has 0 fully saturated rings. The van der Waals surface area contributed by atoms with Crippen molar-refractivity contribution in [3.63, 3.8) is 0 Å². The number of nitrogens with two attached hydrogens (primary N) is 1. The Morgan fingerprint density at radius 3 is 1.73 bits per heavy atom. The summed E-state index contributed by atoms with van der Waals surface area (Å²) in [6, 6.07) is 37.6. The van der Waals surface area contributed by atoms with Gasteiger partial charge in [-0.2, -0.15) is 0 Å². The molecule has 0 bridgehead atoms. The summed E-state index contributed by atoms with van der Waals surface area (Å²) in [4.78, 5) is 3.46. The van der Waals surface area contributed by atoms with Gasteiger partial charge < -0.3 is 15.5 Å². The van der Waals surface area contributed by atoms with E-state index in [1.54, 1.807) is 0 Å². The molecule has 1 aromatic heterocycles. The third-order valence-corrected chi connectivity index (χ3v) is 6.11. The lowest BCUT2D eigenvalue weighted by Gasteiger charge is -2.36. The Kier molecular flexibility index (Phi) is 5.72. The Balaban J connectivity index is 1.75. The summed E-state index contributed by atoms with van der Waals surface area (Å²) in [5.74, 6) is 0.806. The van der Waals surface area contributed by atoms with Crippen molar-refractivity contribution in [1.82, 2.24) is 4.98 Å². The van der Waals surface area contributed by atoms with Crippen LogP contribution in [0.15, 0.2) is 115 Å². The largest absolute Gasteiger partial charge is 0.471 e. The molecule has 5 aromatic rings. The van der Waals surface area contributed by atoms with Crippen LogP contribution in [-0.4, -0.2) is 11.0 Å². The molecule has 0 aliphatic rings. The lowest BCUT2D eigenvalue weighted by molar-refractivity contribution is 0.157. The van der Waals surface area contributed by atoms with Crippen molar-refractivity contribution in [2.75, 3.05) is 0 Å². The number of aromatic amines is 1. The Morgan fingerprint density at radius 1 is 0.727 bits per heavy atom. The average molecular weight is 433 g/mol. The quantitative estimate of drug-likeness (QED) is 0.291. The molecule has 0 aliphatic carbocycles. The van der Waals surface area contributed by atoms with Gasteiger partial charge in [0.05, 0.1) is 5.52 Å². The van der Waals surface area contributed by atoms with Gasteiger partial charge in [-0.05, 0) is 25.0 Å². The molecule has 3 nitrogen and oxygen atoms in total. The summed E-state index contributed by atoms with van der Waals surface area (Å²) in [5, 5.41) is 1.15. The molecule has 0 spiro atoms. The number of rotatable bonds is 7. The molecule has 164 valence electrons. The maximum atomic E-state index is 7.13. The van der Waals surface area contributed by atoms with E-state index in [-0.39, 0.29) is 6.04 Å². The van der Waals surface area contributed by atoms with Crippen molar-refractivity contribution >= 4 is 10.9 Å². The van der Waals surface area contributed by atoms with E-state index in [9.17, 15) is 0 Å². The van der Waals surface area contributed by atoms with Crippen LogP contribution in [0.4, 0.5) is 0 Å². The number of aromatic nitrogens is 1. The van der Waals surface area contributed by atoms with Crippen LogP contribution >= 0.6 is 0 Å². The van der Waals surface area contributed by atoms with Crippen LogP contribution in [0.25, 0.3) is 10.9 Å². The van der Waals surface area contributed by atoms with Gasteiger partial charge in [-0.15, -0.1) is 0 Å². The normalized spacial score (nSPS) is 12.5. The molecule has 0 amide bonds. The summed E-state index contributed by atoms with van der Waals surface area (Å²) in [5.41, 5.74) is 10.7. The fourth-order valence-corrected chi connectivity index (χ4v) is 4.65. The van der Waals surface area contributed by atoms with Crippen LogP contribution in [0.2, 0.25) is 0 Å². The van der Waals surface area contributed by atoms with Crippen molar-refractivity contribution in [1.29, 1.82) is 0 Å². The third kappa shape index (κ3) is 3.92. The Morgan fingerprint density at radius 2 is 1.24 bits per heavy atom. The van der Waals surface area contributed by atoms with Gasteiger partial charge in [-0.3, -0.25) is 0 Å². The molecular weight excluding hydrogens is 404 g/mol. The monoisotopic (exact) mass is 432 g/mol. The van der Waals surface area contributed by atoms with Crippen LogP contribution in [0, 0.1) is 0 Å². The van der Waals surface area contributed by atoms with Crippen molar-refractivity contribution in [3.8, 4) is 5.75 Å². The summed E-state index contributed by atoms with van der Waals surface area (Å²) >= 11 is 0. The minimum Gasteiger partial charge on any atom is -0.471 e. The number of nitrogens with one attached hydrogen (secondary N) is 1. The predicted molar refractivity (Wildman–Crippen MR) is 135 cm³/mol. The molecule has 0 saturated heterocycles. The second-order valence-electron chi connectivity index (χ2n) is 8.56. The van der Waals surface area contributed by atoms with Gasteiger partial charge in [0.25, 0.3) is 0 Å². The predicted octanol–water partition coefficient (Wildman–Crippen LogP) is 6.43. The smallest absolute Gasteiger partial charge is 0.184 e. The number of benzene rings is 4. The molecule has 1 heterocycles. The second-order valence-corrected chi connectivity index (χ2v) is 8.56. The van der Waals surface area contributed by atoms with Crippen LogP contribution in [-0.2, 0) is 12.0 Å². The highest BCUT2D eigenvalue weighted by atomic mass is 16.5. The van der Waals surface area contributed by atoms with Crippen molar-refractivity contribution < 1.29 is 4.74 Å². The first-order valence-corrected chi connectivity index (χ1v) is 11.4. The number of fused-ring (bicyclic) bond motifs is 1. The molecule has 33 heavy (non-hydrogen) atoms. The SMILES string of the molecule is C[C@H](N)Cc1c[nH]c2c(OC(c3ccccc3)(c3ccccc3)c3ccccc3)cccc12. The van der Waals surface area contributed by atoms with Gasteiger partial charge >= 0.3 is 0 Å².